The van der Waals surface area contributed by atoms with E-state index in [1.165, 1.54) is 22.3 Å². The average Bonchev–Trinajstić information content (AvgIpc) is 3.08. The summed E-state index contributed by atoms with van der Waals surface area (Å²) in [5.41, 5.74) is 13.9. The van der Waals surface area contributed by atoms with Crippen molar-refractivity contribution in [3.63, 3.8) is 0 Å². The predicted molar refractivity (Wildman–Crippen MR) is 134 cm³/mol. The molecule has 162 valence electrons. The summed E-state index contributed by atoms with van der Waals surface area (Å²) in [4.78, 5) is 0. The molecule has 5 aliphatic rings. The van der Waals surface area contributed by atoms with Crippen LogP contribution in [0.15, 0.2) is 92.7 Å². The Morgan fingerprint density at radius 3 is 1.71 bits per heavy atom. The lowest BCUT2D eigenvalue weighted by Gasteiger charge is -2.59. The molecule has 0 spiro atoms. The van der Waals surface area contributed by atoms with Crippen molar-refractivity contribution >= 4 is 0 Å². The van der Waals surface area contributed by atoms with Gasteiger partial charge >= 0.3 is 0 Å². The highest BCUT2D eigenvalue weighted by Gasteiger charge is 2.59. The number of fused-ring (bicyclic) bond motifs is 1. The second-order valence-corrected chi connectivity index (χ2v) is 12.4. The third-order valence-electron chi connectivity index (χ3n) is 8.78. The van der Waals surface area contributed by atoms with E-state index in [9.17, 15) is 0 Å². The summed E-state index contributed by atoms with van der Waals surface area (Å²) < 4.78 is 0. The Hall–Kier alpha value is -2.08. The predicted octanol–water partition coefficient (Wildman–Crippen LogP) is 8.74. The molecule has 5 rings (SSSR count). The normalized spacial score (nSPS) is 31.6. The molecule has 0 aliphatic heterocycles. The largest absolute Gasteiger partial charge is 0.0763 e. The van der Waals surface area contributed by atoms with Gasteiger partial charge in [0.15, 0.2) is 0 Å². The second-order valence-electron chi connectivity index (χ2n) is 12.4. The van der Waals surface area contributed by atoms with Crippen LogP contribution in [0, 0.1) is 21.7 Å². The maximum absolute atomic E-state index is 2.56. The molecule has 0 saturated heterocycles. The fraction of sp³-hybridized carbons (Fsp3) is 0.484. The molecule has 0 heterocycles. The Morgan fingerprint density at radius 2 is 1.23 bits per heavy atom. The first-order valence-corrected chi connectivity index (χ1v) is 12.1. The number of hydrogen-bond donors (Lipinski definition) is 0. The molecular formula is C31H38. The molecule has 0 aromatic rings. The number of hydrogen-bond acceptors (Lipinski definition) is 0. The van der Waals surface area contributed by atoms with Crippen LogP contribution in [0.1, 0.15) is 75.2 Å². The minimum absolute atomic E-state index is 0.0204. The van der Waals surface area contributed by atoms with E-state index in [-0.39, 0.29) is 21.7 Å². The van der Waals surface area contributed by atoms with Gasteiger partial charge in [0, 0.05) is 10.8 Å². The Bertz CT molecular complexity index is 1150. The van der Waals surface area contributed by atoms with Gasteiger partial charge in [0.25, 0.3) is 0 Å². The first-order valence-electron chi connectivity index (χ1n) is 12.1. The highest BCUT2D eigenvalue weighted by molar-refractivity contribution is 5.76. The van der Waals surface area contributed by atoms with Gasteiger partial charge < -0.3 is 0 Å². The molecule has 0 nitrogen and oxygen atoms in total. The summed E-state index contributed by atoms with van der Waals surface area (Å²) in [6.45, 7) is 21.4. The molecule has 0 aromatic carbocycles. The van der Waals surface area contributed by atoms with E-state index in [0.717, 1.165) is 12.8 Å². The Morgan fingerprint density at radius 1 is 0.742 bits per heavy atom. The molecule has 31 heavy (non-hydrogen) atoms. The highest BCUT2D eigenvalue weighted by atomic mass is 14.6. The van der Waals surface area contributed by atoms with E-state index in [2.05, 4.69) is 105 Å². The molecule has 0 radical (unpaired) electrons. The van der Waals surface area contributed by atoms with Crippen molar-refractivity contribution < 1.29 is 0 Å². The molecule has 0 bridgehead atoms. The smallest absolute Gasteiger partial charge is 0.0315 e. The van der Waals surface area contributed by atoms with Crippen LogP contribution in [-0.4, -0.2) is 0 Å². The lowest BCUT2D eigenvalue weighted by molar-refractivity contribution is 0.241. The summed E-state index contributed by atoms with van der Waals surface area (Å²) >= 11 is 0. The SMILES string of the molecule is CCC1=CCC2=C3C=C(C(C)(C)C)C=C4C=CC5=CC(C(C)(C)C)=CC(=C12)[C@]5(C)[C@]43C. The highest BCUT2D eigenvalue weighted by Crippen LogP contribution is 2.70. The summed E-state index contributed by atoms with van der Waals surface area (Å²) in [6, 6.07) is 0. The van der Waals surface area contributed by atoms with Gasteiger partial charge in [-0.1, -0.05) is 105 Å². The maximum Gasteiger partial charge on any atom is 0.0315 e. The lowest BCUT2D eigenvalue weighted by Crippen LogP contribution is -2.49. The molecule has 0 aromatic heterocycles. The van der Waals surface area contributed by atoms with Crippen molar-refractivity contribution in [1.82, 2.24) is 0 Å². The fourth-order valence-corrected chi connectivity index (χ4v) is 6.44. The van der Waals surface area contributed by atoms with Crippen LogP contribution in [0.5, 0.6) is 0 Å². The van der Waals surface area contributed by atoms with Crippen LogP contribution in [-0.2, 0) is 0 Å². The monoisotopic (exact) mass is 410 g/mol. The van der Waals surface area contributed by atoms with Gasteiger partial charge in [0.2, 0.25) is 0 Å². The van der Waals surface area contributed by atoms with Crippen LogP contribution in [0.4, 0.5) is 0 Å². The molecule has 0 heteroatoms. The molecule has 5 aliphatic carbocycles. The first-order chi connectivity index (χ1) is 14.3. The van der Waals surface area contributed by atoms with Gasteiger partial charge in [-0.25, -0.2) is 0 Å². The van der Waals surface area contributed by atoms with Gasteiger partial charge in [-0.3, -0.25) is 0 Å². The molecule has 0 unspecified atom stereocenters. The van der Waals surface area contributed by atoms with Crippen molar-refractivity contribution in [1.29, 1.82) is 0 Å². The van der Waals surface area contributed by atoms with Crippen molar-refractivity contribution in [2.75, 3.05) is 0 Å². The van der Waals surface area contributed by atoms with Crippen LogP contribution < -0.4 is 0 Å². The summed E-state index contributed by atoms with van der Waals surface area (Å²) in [7, 11) is 0. The first kappa shape index (κ1) is 20.8. The van der Waals surface area contributed by atoms with Gasteiger partial charge in [-0.2, -0.15) is 0 Å². The zero-order valence-electron chi connectivity index (χ0n) is 21.0. The zero-order valence-corrected chi connectivity index (χ0v) is 21.0. The molecule has 2 atom stereocenters. The van der Waals surface area contributed by atoms with Gasteiger partial charge in [0.05, 0.1) is 0 Å². The van der Waals surface area contributed by atoms with E-state index >= 15 is 0 Å². The number of allylic oxidation sites excluding steroid dienone is 16. The fourth-order valence-electron chi connectivity index (χ4n) is 6.44. The van der Waals surface area contributed by atoms with E-state index in [0.29, 0.717) is 0 Å². The van der Waals surface area contributed by atoms with Crippen molar-refractivity contribution in [3.05, 3.63) is 92.7 Å². The quantitative estimate of drug-likeness (QED) is 0.405. The van der Waals surface area contributed by atoms with Crippen LogP contribution in [0.2, 0.25) is 0 Å². The Labute approximate surface area is 189 Å². The third kappa shape index (κ3) is 2.48. The average molecular weight is 411 g/mol. The van der Waals surface area contributed by atoms with E-state index < -0.39 is 0 Å². The Kier molecular flexibility index (Phi) is 4.05. The van der Waals surface area contributed by atoms with Crippen molar-refractivity contribution in [2.45, 2.75) is 75.2 Å². The van der Waals surface area contributed by atoms with Gasteiger partial charge in [0.1, 0.15) is 0 Å². The molecule has 0 N–H and O–H groups in total. The van der Waals surface area contributed by atoms with Crippen LogP contribution >= 0.6 is 0 Å². The minimum atomic E-state index is -0.0327. The van der Waals surface area contributed by atoms with Gasteiger partial charge in [-0.05, 0) is 73.8 Å². The van der Waals surface area contributed by atoms with Crippen LogP contribution in [0.3, 0.4) is 0 Å². The summed E-state index contributed by atoms with van der Waals surface area (Å²) in [5.74, 6) is 0. The van der Waals surface area contributed by atoms with Gasteiger partial charge in [-0.15, -0.1) is 0 Å². The summed E-state index contributed by atoms with van der Waals surface area (Å²) in [6.07, 6.45) is 19.7. The Balaban J connectivity index is 1.93. The molecular weight excluding hydrogens is 372 g/mol. The standard InChI is InChI=1S/C31H38/c1-10-19-11-14-24-25-17-22(28(2,3)4)15-20-12-13-21-16-23(29(5,6)7)18-26(27(19)24)31(21,9)30(20,25)8/h11-13,15-18H,10,14H2,1-9H3/t30-,31-/m1/s1. The van der Waals surface area contributed by atoms with E-state index in [4.69, 9.17) is 0 Å². The third-order valence-corrected chi connectivity index (χ3v) is 8.78. The number of rotatable bonds is 1. The molecule has 0 amide bonds. The topological polar surface area (TPSA) is 0 Å². The second kappa shape index (κ2) is 6.03. The lowest BCUT2D eigenvalue weighted by atomic mass is 9.44. The van der Waals surface area contributed by atoms with Crippen molar-refractivity contribution in [3.8, 4) is 0 Å². The molecule has 0 fully saturated rings. The van der Waals surface area contributed by atoms with Crippen molar-refractivity contribution in [2.24, 2.45) is 21.7 Å². The van der Waals surface area contributed by atoms with E-state index in [1.807, 2.05) is 0 Å². The molecule has 0 saturated carbocycles. The summed E-state index contributed by atoms with van der Waals surface area (Å²) in [5, 5.41) is 0. The van der Waals surface area contributed by atoms with E-state index in [1.54, 1.807) is 27.9 Å². The zero-order chi connectivity index (χ0) is 22.6. The maximum atomic E-state index is 2.56. The van der Waals surface area contributed by atoms with Crippen LogP contribution in [0.25, 0.3) is 0 Å². The minimum Gasteiger partial charge on any atom is -0.0763 e.